The van der Waals surface area contributed by atoms with Crippen LogP contribution >= 0.6 is 11.3 Å². The van der Waals surface area contributed by atoms with Crippen molar-refractivity contribution in [3.05, 3.63) is 51.7 Å². The number of thiophene rings is 1. The van der Waals surface area contributed by atoms with Crippen LogP contribution in [0.5, 0.6) is 0 Å². The molecule has 0 aliphatic rings. The van der Waals surface area contributed by atoms with Crippen LogP contribution in [0, 0.1) is 13.8 Å². The first-order chi connectivity index (χ1) is 13.0. The number of ether oxygens (including phenoxy) is 1. The molecule has 3 aromatic heterocycles. The molecule has 0 saturated heterocycles. The molecule has 0 aliphatic carbocycles. The lowest BCUT2D eigenvalue weighted by Gasteiger charge is -2.09. The number of aryl methyl sites for hydroxylation is 1. The Morgan fingerprint density at radius 3 is 2.74 bits per heavy atom. The van der Waals surface area contributed by atoms with E-state index >= 15 is 0 Å². The molecular weight excluding hydrogens is 362 g/mol. The van der Waals surface area contributed by atoms with Gasteiger partial charge in [-0.05, 0) is 44.9 Å². The molecule has 0 bridgehead atoms. The van der Waals surface area contributed by atoms with Crippen molar-refractivity contribution in [1.82, 2.24) is 14.8 Å². The van der Waals surface area contributed by atoms with Crippen LogP contribution in [-0.4, -0.2) is 32.4 Å². The number of esters is 1. The zero-order valence-electron chi connectivity index (χ0n) is 15.9. The summed E-state index contributed by atoms with van der Waals surface area (Å²) in [5.74, 6) is 0.260. The summed E-state index contributed by atoms with van der Waals surface area (Å²) in [5.41, 5.74) is 4.02. The summed E-state index contributed by atoms with van der Waals surface area (Å²) >= 11 is 1.62. The van der Waals surface area contributed by atoms with E-state index in [9.17, 15) is 9.90 Å². The minimum atomic E-state index is -0.371. The molecule has 1 N–H and O–H groups in total. The van der Waals surface area contributed by atoms with Crippen molar-refractivity contribution in [2.45, 2.75) is 40.7 Å². The molecule has 142 valence electrons. The summed E-state index contributed by atoms with van der Waals surface area (Å²) < 4.78 is 6.80. The molecule has 27 heavy (non-hydrogen) atoms. The lowest BCUT2D eigenvalue weighted by molar-refractivity contribution is 0.0525. The average Bonchev–Trinajstić information content (AvgIpc) is 3.23. The summed E-state index contributed by atoms with van der Waals surface area (Å²) in [4.78, 5) is 19.0. The summed E-state index contributed by atoms with van der Waals surface area (Å²) in [5, 5.41) is 14.1. The number of aliphatic hydroxyl groups is 1. The Morgan fingerprint density at radius 2 is 2.07 bits per heavy atom. The molecule has 0 radical (unpaired) electrons. The average molecular weight is 385 g/mol. The molecule has 0 aliphatic heterocycles. The Morgan fingerprint density at radius 1 is 1.30 bits per heavy atom. The Labute approximate surface area is 162 Å². The molecule has 0 fully saturated rings. The van der Waals surface area contributed by atoms with Crippen LogP contribution < -0.4 is 0 Å². The van der Waals surface area contributed by atoms with Crippen LogP contribution in [0.15, 0.2) is 24.4 Å². The second-order valence-corrected chi connectivity index (χ2v) is 7.35. The van der Waals surface area contributed by atoms with Crippen molar-refractivity contribution in [2.75, 3.05) is 6.61 Å². The first kappa shape index (κ1) is 19.3. The number of hydrogen-bond donors (Lipinski definition) is 1. The molecule has 3 aromatic rings. The highest BCUT2D eigenvalue weighted by Crippen LogP contribution is 2.35. The first-order valence-electron chi connectivity index (χ1n) is 8.93. The summed E-state index contributed by atoms with van der Waals surface area (Å²) in [7, 11) is 0. The van der Waals surface area contributed by atoms with Crippen molar-refractivity contribution >= 4 is 17.3 Å². The number of carbonyl (C=O) groups is 1. The van der Waals surface area contributed by atoms with Gasteiger partial charge in [0, 0.05) is 10.4 Å². The van der Waals surface area contributed by atoms with Gasteiger partial charge in [-0.15, -0.1) is 11.3 Å². The van der Waals surface area contributed by atoms with E-state index in [0.717, 1.165) is 27.4 Å². The minimum absolute atomic E-state index is 0.0214. The molecule has 0 spiro atoms. The largest absolute Gasteiger partial charge is 0.462 e. The van der Waals surface area contributed by atoms with Gasteiger partial charge in [0.25, 0.3) is 0 Å². The molecule has 0 saturated carbocycles. The second kappa shape index (κ2) is 8.02. The second-order valence-electron chi connectivity index (χ2n) is 6.12. The van der Waals surface area contributed by atoms with E-state index in [4.69, 9.17) is 9.72 Å². The summed E-state index contributed by atoms with van der Waals surface area (Å²) in [6.07, 6.45) is 2.16. The Kier molecular flexibility index (Phi) is 5.72. The fourth-order valence-electron chi connectivity index (χ4n) is 3.03. The number of aliphatic hydroxyl groups excluding tert-OH is 1. The summed E-state index contributed by atoms with van der Waals surface area (Å²) in [6.45, 7) is 8.10. The molecule has 0 aromatic carbocycles. The smallest absolute Gasteiger partial charge is 0.341 e. The highest BCUT2D eigenvalue weighted by atomic mass is 32.1. The minimum Gasteiger partial charge on any atom is -0.462 e. The molecule has 3 rings (SSSR count). The maximum Gasteiger partial charge on any atom is 0.341 e. The SMILES string of the molecule is CCOC(=O)c1cnn(-c2cccc(-c3sc(C)c(C)c3CO)n2)c1CC. The topological polar surface area (TPSA) is 77.2 Å². The van der Waals surface area contributed by atoms with Gasteiger partial charge in [-0.2, -0.15) is 5.10 Å². The van der Waals surface area contributed by atoms with Crippen LogP contribution in [0.3, 0.4) is 0 Å². The fraction of sp³-hybridized carbons (Fsp3) is 0.350. The van der Waals surface area contributed by atoms with Crippen LogP contribution in [0.4, 0.5) is 0 Å². The number of aromatic nitrogens is 3. The van der Waals surface area contributed by atoms with Gasteiger partial charge in [0.05, 0.1) is 35.7 Å². The van der Waals surface area contributed by atoms with E-state index in [0.29, 0.717) is 24.4 Å². The quantitative estimate of drug-likeness (QED) is 0.652. The van der Waals surface area contributed by atoms with Gasteiger partial charge in [0.2, 0.25) is 0 Å². The highest BCUT2D eigenvalue weighted by Gasteiger charge is 2.20. The molecular formula is C20H23N3O3S. The van der Waals surface area contributed by atoms with E-state index in [1.807, 2.05) is 39.0 Å². The predicted octanol–water partition coefficient (Wildman–Crippen LogP) is 3.84. The zero-order valence-corrected chi connectivity index (χ0v) is 16.8. The van der Waals surface area contributed by atoms with Crippen molar-refractivity contribution in [3.8, 4) is 16.4 Å². The molecule has 0 atom stereocenters. The van der Waals surface area contributed by atoms with Gasteiger partial charge in [-0.1, -0.05) is 13.0 Å². The van der Waals surface area contributed by atoms with Gasteiger partial charge in [-0.3, -0.25) is 0 Å². The lowest BCUT2D eigenvalue weighted by Crippen LogP contribution is -2.10. The monoisotopic (exact) mass is 385 g/mol. The lowest BCUT2D eigenvalue weighted by atomic mass is 10.1. The van der Waals surface area contributed by atoms with E-state index in [-0.39, 0.29) is 12.6 Å². The fourth-order valence-corrected chi connectivity index (χ4v) is 4.17. The normalized spacial score (nSPS) is 11.0. The predicted molar refractivity (Wildman–Crippen MR) is 105 cm³/mol. The maximum atomic E-state index is 12.2. The third kappa shape index (κ3) is 3.52. The first-order valence-corrected chi connectivity index (χ1v) is 9.74. The van der Waals surface area contributed by atoms with Crippen LogP contribution in [0.2, 0.25) is 0 Å². The third-order valence-electron chi connectivity index (χ3n) is 4.55. The Bertz CT molecular complexity index is 975. The van der Waals surface area contributed by atoms with Crippen LogP contribution in [-0.2, 0) is 17.8 Å². The number of nitrogens with zero attached hydrogens (tertiary/aromatic N) is 3. The molecule has 7 heteroatoms. The van der Waals surface area contributed by atoms with E-state index < -0.39 is 0 Å². The van der Waals surface area contributed by atoms with Crippen molar-refractivity contribution in [1.29, 1.82) is 0 Å². The zero-order chi connectivity index (χ0) is 19.6. The Hall–Kier alpha value is -2.51. The van der Waals surface area contributed by atoms with Crippen molar-refractivity contribution in [2.24, 2.45) is 0 Å². The van der Waals surface area contributed by atoms with Crippen LogP contribution in [0.25, 0.3) is 16.4 Å². The summed E-state index contributed by atoms with van der Waals surface area (Å²) in [6, 6.07) is 5.69. The molecule has 3 heterocycles. The van der Waals surface area contributed by atoms with Gasteiger partial charge in [0.1, 0.15) is 5.56 Å². The van der Waals surface area contributed by atoms with E-state index in [2.05, 4.69) is 5.10 Å². The van der Waals surface area contributed by atoms with Crippen molar-refractivity contribution < 1.29 is 14.6 Å². The molecule has 0 amide bonds. The van der Waals surface area contributed by atoms with Gasteiger partial charge >= 0.3 is 5.97 Å². The van der Waals surface area contributed by atoms with E-state index in [1.54, 1.807) is 22.9 Å². The van der Waals surface area contributed by atoms with Crippen molar-refractivity contribution in [3.63, 3.8) is 0 Å². The number of rotatable bonds is 6. The van der Waals surface area contributed by atoms with Gasteiger partial charge in [-0.25, -0.2) is 14.5 Å². The van der Waals surface area contributed by atoms with Gasteiger partial charge < -0.3 is 9.84 Å². The molecule has 6 nitrogen and oxygen atoms in total. The number of hydrogen-bond acceptors (Lipinski definition) is 6. The van der Waals surface area contributed by atoms with Gasteiger partial charge in [0.15, 0.2) is 5.82 Å². The van der Waals surface area contributed by atoms with Crippen LogP contribution in [0.1, 0.15) is 45.9 Å². The highest BCUT2D eigenvalue weighted by molar-refractivity contribution is 7.15. The standard InChI is InChI=1S/C20H23N3O3S/c1-5-17-14(20(25)26-6-2)10-21-23(17)18-9-7-8-16(22-18)19-15(11-24)12(3)13(4)27-19/h7-10,24H,5-6,11H2,1-4H3. The maximum absolute atomic E-state index is 12.2. The number of carbonyl (C=O) groups excluding carboxylic acids is 1. The third-order valence-corrected chi connectivity index (χ3v) is 5.82. The molecule has 0 unspecified atom stereocenters. The Balaban J connectivity index is 2.07. The van der Waals surface area contributed by atoms with E-state index in [1.165, 1.54) is 11.1 Å². The number of pyridine rings is 1.